The fourth-order valence-corrected chi connectivity index (χ4v) is 3.54. The number of carbonyl (C=O) groups is 1. The number of nitro benzene ring substituents is 1. The number of para-hydroxylation sites is 2. The van der Waals surface area contributed by atoms with Crippen LogP contribution in [0.5, 0.6) is 11.5 Å². The van der Waals surface area contributed by atoms with Crippen molar-refractivity contribution in [1.82, 2.24) is 10.1 Å². The van der Waals surface area contributed by atoms with Gasteiger partial charge in [-0.1, -0.05) is 41.6 Å². The van der Waals surface area contributed by atoms with Gasteiger partial charge in [0, 0.05) is 28.8 Å². The lowest BCUT2D eigenvalue weighted by atomic mass is 9.88. The van der Waals surface area contributed by atoms with Gasteiger partial charge in [0.25, 0.3) is 11.6 Å². The van der Waals surface area contributed by atoms with E-state index in [0.717, 1.165) is 0 Å². The molecule has 0 saturated carbocycles. The molecule has 9 heteroatoms. The third-order valence-corrected chi connectivity index (χ3v) is 5.06. The summed E-state index contributed by atoms with van der Waals surface area (Å²) in [6, 6.07) is 20.4. The Morgan fingerprint density at radius 2 is 1.59 bits per heavy atom. The van der Waals surface area contributed by atoms with Crippen molar-refractivity contribution in [2.75, 3.05) is 0 Å². The number of nitro groups is 1. The van der Waals surface area contributed by atoms with Crippen LogP contribution in [0.1, 0.15) is 22.9 Å². The monoisotopic (exact) mass is 429 g/mol. The summed E-state index contributed by atoms with van der Waals surface area (Å²) in [5, 5.41) is 14.6. The highest BCUT2D eigenvalue weighted by Gasteiger charge is 2.33. The molecular weight excluding hydrogens is 414 g/mol. The molecule has 9 nitrogen and oxygen atoms in total. The van der Waals surface area contributed by atoms with Crippen LogP contribution < -0.4 is 4.74 Å². The van der Waals surface area contributed by atoms with Crippen molar-refractivity contribution < 1.29 is 23.7 Å². The van der Waals surface area contributed by atoms with E-state index in [2.05, 4.69) is 10.1 Å². The second-order valence-electron chi connectivity index (χ2n) is 7.03. The Balaban J connectivity index is 1.33. The number of hydrogen-bond donors (Lipinski definition) is 0. The lowest BCUT2D eigenvalue weighted by Crippen LogP contribution is -2.21. The van der Waals surface area contributed by atoms with Gasteiger partial charge in [0.05, 0.1) is 4.92 Å². The fraction of sp³-hybridized carbons (Fsp3) is 0.0870. The maximum absolute atomic E-state index is 13.0. The minimum absolute atomic E-state index is 0.0385. The Labute approximate surface area is 181 Å². The molecule has 0 amide bonds. The third kappa shape index (κ3) is 3.56. The number of ether oxygens (including phenoxy) is 2. The Morgan fingerprint density at radius 3 is 2.22 bits per heavy atom. The van der Waals surface area contributed by atoms with Gasteiger partial charge in [-0.15, -0.1) is 0 Å². The zero-order chi connectivity index (χ0) is 22.1. The molecule has 0 N–H and O–H groups in total. The maximum Gasteiger partial charge on any atom is 0.318 e. The number of non-ortho nitro benzene ring substituents is 1. The van der Waals surface area contributed by atoms with Crippen LogP contribution in [0.25, 0.3) is 11.4 Å². The normalized spacial score (nSPS) is 12.4. The van der Waals surface area contributed by atoms with E-state index in [1.807, 2.05) is 36.4 Å². The summed E-state index contributed by atoms with van der Waals surface area (Å²) in [7, 11) is 0. The summed E-state index contributed by atoms with van der Waals surface area (Å²) in [4.78, 5) is 27.6. The largest absolute Gasteiger partial charge is 0.457 e. The summed E-state index contributed by atoms with van der Waals surface area (Å²) in [5.41, 5.74) is 1.94. The van der Waals surface area contributed by atoms with Crippen LogP contribution in [0.15, 0.2) is 77.3 Å². The number of fused-ring (bicyclic) bond motifs is 2. The molecule has 0 fully saturated rings. The molecule has 1 aliphatic heterocycles. The molecule has 4 aromatic rings. The van der Waals surface area contributed by atoms with Gasteiger partial charge in [-0.2, -0.15) is 4.98 Å². The van der Waals surface area contributed by atoms with Crippen molar-refractivity contribution in [1.29, 1.82) is 0 Å². The van der Waals surface area contributed by atoms with Gasteiger partial charge in [-0.25, -0.2) is 0 Å². The van der Waals surface area contributed by atoms with E-state index in [1.54, 1.807) is 12.1 Å². The van der Waals surface area contributed by atoms with E-state index in [4.69, 9.17) is 14.0 Å². The van der Waals surface area contributed by atoms with Crippen LogP contribution in [0, 0.1) is 10.1 Å². The highest BCUT2D eigenvalue weighted by molar-refractivity contribution is 5.85. The van der Waals surface area contributed by atoms with Crippen LogP contribution in [-0.4, -0.2) is 21.0 Å². The summed E-state index contributed by atoms with van der Waals surface area (Å²) in [6.45, 7) is -0.208. The van der Waals surface area contributed by atoms with Gasteiger partial charge in [-0.3, -0.25) is 14.9 Å². The number of esters is 1. The van der Waals surface area contributed by atoms with E-state index >= 15 is 0 Å². The molecule has 0 unspecified atom stereocenters. The molecule has 0 atom stereocenters. The zero-order valence-electron chi connectivity index (χ0n) is 16.5. The number of benzene rings is 3. The van der Waals surface area contributed by atoms with E-state index in [9.17, 15) is 14.9 Å². The molecule has 0 bridgehead atoms. The Kier molecular flexibility index (Phi) is 4.83. The van der Waals surface area contributed by atoms with E-state index in [0.29, 0.717) is 28.2 Å². The van der Waals surface area contributed by atoms with Crippen molar-refractivity contribution >= 4 is 11.7 Å². The first-order valence-corrected chi connectivity index (χ1v) is 9.70. The van der Waals surface area contributed by atoms with Crippen LogP contribution in [0.2, 0.25) is 0 Å². The Bertz CT molecular complexity index is 1270. The predicted molar refractivity (Wildman–Crippen MR) is 111 cm³/mol. The van der Waals surface area contributed by atoms with Gasteiger partial charge in [0.2, 0.25) is 5.82 Å². The Morgan fingerprint density at radius 1 is 0.969 bits per heavy atom. The van der Waals surface area contributed by atoms with Crippen molar-refractivity contribution in [2.45, 2.75) is 12.5 Å². The molecule has 0 aliphatic carbocycles. The lowest BCUT2D eigenvalue weighted by molar-refractivity contribution is -0.384. The SMILES string of the molecule is O=C(OCc1nc(-c2ccc([N+](=O)[O-])cc2)no1)C1c2ccccc2Oc2ccccc21. The van der Waals surface area contributed by atoms with Crippen LogP contribution >= 0.6 is 0 Å². The van der Waals surface area contributed by atoms with E-state index < -0.39 is 16.8 Å². The topological polar surface area (TPSA) is 118 Å². The highest BCUT2D eigenvalue weighted by Crippen LogP contribution is 2.44. The minimum atomic E-state index is -0.645. The van der Waals surface area contributed by atoms with Gasteiger partial charge in [0.15, 0.2) is 6.61 Å². The molecule has 1 aromatic heterocycles. The number of nitrogens with zero attached hydrogens (tertiary/aromatic N) is 3. The van der Waals surface area contributed by atoms with Crippen LogP contribution in [-0.2, 0) is 16.1 Å². The summed E-state index contributed by atoms with van der Waals surface area (Å²) in [5.74, 6) is 0.447. The van der Waals surface area contributed by atoms with Crippen molar-refractivity contribution in [3.05, 3.63) is 99.9 Å². The van der Waals surface area contributed by atoms with E-state index in [-0.39, 0.29) is 24.0 Å². The van der Waals surface area contributed by atoms with Crippen molar-refractivity contribution in [3.63, 3.8) is 0 Å². The molecule has 158 valence electrons. The minimum Gasteiger partial charge on any atom is -0.457 e. The average Bonchev–Trinajstić information content (AvgIpc) is 3.30. The molecule has 5 rings (SSSR count). The predicted octanol–water partition coefficient (Wildman–Crippen LogP) is 4.63. The quantitative estimate of drug-likeness (QED) is 0.256. The van der Waals surface area contributed by atoms with Gasteiger partial charge in [0.1, 0.15) is 17.4 Å². The van der Waals surface area contributed by atoms with Gasteiger partial charge >= 0.3 is 5.97 Å². The third-order valence-electron chi connectivity index (χ3n) is 5.06. The van der Waals surface area contributed by atoms with Crippen molar-refractivity contribution in [3.8, 4) is 22.9 Å². The molecule has 3 aromatic carbocycles. The summed E-state index contributed by atoms with van der Waals surface area (Å²) in [6.07, 6.45) is 0. The molecule has 0 radical (unpaired) electrons. The number of hydrogen-bond acceptors (Lipinski definition) is 8. The maximum atomic E-state index is 13.0. The van der Waals surface area contributed by atoms with Crippen LogP contribution in [0.4, 0.5) is 5.69 Å². The number of rotatable bonds is 5. The molecule has 0 saturated heterocycles. The van der Waals surface area contributed by atoms with Crippen LogP contribution in [0.3, 0.4) is 0 Å². The first-order chi connectivity index (χ1) is 15.6. The fourth-order valence-electron chi connectivity index (χ4n) is 3.54. The molecule has 2 heterocycles. The number of carbonyl (C=O) groups excluding carboxylic acids is 1. The van der Waals surface area contributed by atoms with Gasteiger partial charge in [-0.05, 0) is 24.3 Å². The molecular formula is C23H15N3O6. The highest BCUT2D eigenvalue weighted by atomic mass is 16.6. The second kappa shape index (κ2) is 7.95. The Hall–Kier alpha value is -4.53. The first kappa shape index (κ1) is 19.4. The van der Waals surface area contributed by atoms with Crippen molar-refractivity contribution in [2.24, 2.45) is 0 Å². The second-order valence-corrected chi connectivity index (χ2v) is 7.03. The van der Waals surface area contributed by atoms with Gasteiger partial charge < -0.3 is 14.0 Å². The summed E-state index contributed by atoms with van der Waals surface area (Å²) >= 11 is 0. The molecule has 32 heavy (non-hydrogen) atoms. The van der Waals surface area contributed by atoms with E-state index in [1.165, 1.54) is 24.3 Å². The molecule has 1 aliphatic rings. The smallest absolute Gasteiger partial charge is 0.318 e. The zero-order valence-corrected chi connectivity index (χ0v) is 16.5. The lowest BCUT2D eigenvalue weighted by Gasteiger charge is -2.26. The standard InChI is InChI=1S/C23H15N3O6/c27-23(21-16-5-1-3-7-18(16)31-19-8-4-2-6-17(19)21)30-13-20-24-22(25-32-20)14-9-11-15(12-10-14)26(28)29/h1-12,21H,13H2. The average molecular weight is 429 g/mol. The number of aromatic nitrogens is 2. The summed E-state index contributed by atoms with van der Waals surface area (Å²) < 4.78 is 16.6. The first-order valence-electron chi connectivity index (χ1n) is 9.70. The molecule has 0 spiro atoms.